The molecule has 18 heavy (non-hydrogen) atoms. The van der Waals surface area contributed by atoms with Gasteiger partial charge in [0.15, 0.2) is 5.69 Å². The first-order chi connectivity index (χ1) is 8.54. The van der Waals surface area contributed by atoms with Crippen LogP contribution in [0.1, 0.15) is 17.4 Å². The number of halogens is 2. The van der Waals surface area contributed by atoms with Gasteiger partial charge in [-0.25, -0.2) is 13.9 Å². The highest BCUT2D eigenvalue weighted by molar-refractivity contribution is 9.10. The molecule has 94 valence electrons. The minimum atomic E-state index is -1.23. The molecular weight excluding hydrogens is 305 g/mol. The third-order valence-corrected chi connectivity index (χ3v) is 2.91. The van der Waals surface area contributed by atoms with Gasteiger partial charge in [0.2, 0.25) is 0 Å². The maximum atomic E-state index is 13.8. The molecule has 2 rings (SSSR count). The van der Waals surface area contributed by atoms with Crippen LogP contribution < -0.4 is 0 Å². The number of hydrogen-bond acceptors (Lipinski definition) is 3. The third-order valence-electron chi connectivity index (χ3n) is 2.42. The van der Waals surface area contributed by atoms with Crippen molar-refractivity contribution in [3.05, 3.63) is 34.2 Å². The third kappa shape index (κ3) is 2.13. The lowest BCUT2D eigenvalue weighted by molar-refractivity contribution is 0.0691. The number of aryl methyl sites for hydroxylation is 1. The topological polar surface area (TPSA) is 68.0 Å². The number of carbonyl (C=O) groups is 1. The van der Waals surface area contributed by atoms with Crippen molar-refractivity contribution in [1.82, 2.24) is 15.0 Å². The van der Waals surface area contributed by atoms with E-state index in [0.717, 1.165) is 0 Å². The summed E-state index contributed by atoms with van der Waals surface area (Å²) in [6.07, 6.45) is 0. The van der Waals surface area contributed by atoms with E-state index < -0.39 is 11.8 Å². The zero-order valence-corrected chi connectivity index (χ0v) is 11.0. The van der Waals surface area contributed by atoms with Crippen LogP contribution in [0.2, 0.25) is 0 Å². The van der Waals surface area contributed by atoms with Crippen LogP contribution in [0.4, 0.5) is 4.39 Å². The SMILES string of the molecule is CCn1nnc(C(=O)O)c1-c1cc(Br)ccc1F. The summed E-state index contributed by atoms with van der Waals surface area (Å²) in [5, 5.41) is 16.3. The van der Waals surface area contributed by atoms with E-state index in [9.17, 15) is 9.18 Å². The van der Waals surface area contributed by atoms with E-state index in [4.69, 9.17) is 5.11 Å². The summed E-state index contributed by atoms with van der Waals surface area (Å²) >= 11 is 3.23. The van der Waals surface area contributed by atoms with E-state index in [2.05, 4.69) is 26.2 Å². The fourth-order valence-corrected chi connectivity index (χ4v) is 1.99. The van der Waals surface area contributed by atoms with Crippen molar-refractivity contribution in [3.63, 3.8) is 0 Å². The lowest BCUT2D eigenvalue weighted by atomic mass is 10.1. The van der Waals surface area contributed by atoms with E-state index in [0.29, 0.717) is 11.0 Å². The zero-order chi connectivity index (χ0) is 13.3. The smallest absolute Gasteiger partial charge is 0.358 e. The van der Waals surface area contributed by atoms with Crippen molar-refractivity contribution in [2.75, 3.05) is 0 Å². The van der Waals surface area contributed by atoms with Crippen LogP contribution in [-0.2, 0) is 6.54 Å². The lowest BCUT2D eigenvalue weighted by Crippen LogP contribution is -2.04. The van der Waals surface area contributed by atoms with E-state index >= 15 is 0 Å². The number of carboxylic acids is 1. The van der Waals surface area contributed by atoms with Crippen molar-refractivity contribution in [3.8, 4) is 11.3 Å². The molecule has 0 saturated carbocycles. The number of rotatable bonds is 3. The average molecular weight is 314 g/mol. The largest absolute Gasteiger partial charge is 0.476 e. The normalized spacial score (nSPS) is 10.6. The summed E-state index contributed by atoms with van der Waals surface area (Å²) in [5.74, 6) is -1.75. The minimum Gasteiger partial charge on any atom is -0.476 e. The van der Waals surface area contributed by atoms with Crippen LogP contribution in [0, 0.1) is 5.82 Å². The first-order valence-electron chi connectivity index (χ1n) is 5.16. The molecule has 0 fully saturated rings. The molecule has 1 N–H and O–H groups in total. The molecule has 0 radical (unpaired) electrons. The van der Waals surface area contributed by atoms with Gasteiger partial charge in [0.05, 0.1) is 0 Å². The van der Waals surface area contributed by atoms with Gasteiger partial charge in [-0.05, 0) is 25.1 Å². The quantitative estimate of drug-likeness (QED) is 0.945. The van der Waals surface area contributed by atoms with Gasteiger partial charge in [0, 0.05) is 16.6 Å². The van der Waals surface area contributed by atoms with E-state index in [1.165, 1.54) is 16.8 Å². The summed E-state index contributed by atoms with van der Waals surface area (Å²) in [4.78, 5) is 11.1. The van der Waals surface area contributed by atoms with Crippen LogP contribution in [0.5, 0.6) is 0 Å². The Morgan fingerprint density at radius 1 is 1.56 bits per heavy atom. The maximum absolute atomic E-state index is 13.8. The molecule has 0 bridgehead atoms. The molecule has 1 aromatic heterocycles. The Hall–Kier alpha value is -1.76. The van der Waals surface area contributed by atoms with Gasteiger partial charge < -0.3 is 5.11 Å². The molecule has 1 aromatic carbocycles. The van der Waals surface area contributed by atoms with E-state index in [1.54, 1.807) is 13.0 Å². The fourth-order valence-electron chi connectivity index (χ4n) is 1.62. The summed E-state index contributed by atoms with van der Waals surface area (Å²) in [6, 6.07) is 4.31. The van der Waals surface area contributed by atoms with Gasteiger partial charge in [0.25, 0.3) is 0 Å². The molecule has 0 atom stereocenters. The number of aromatic carboxylic acids is 1. The first kappa shape index (κ1) is 12.7. The number of carboxylic acid groups (broad SMARTS) is 1. The van der Waals surface area contributed by atoms with E-state index in [1.807, 2.05) is 0 Å². The fraction of sp³-hybridized carbons (Fsp3) is 0.182. The number of benzene rings is 1. The Morgan fingerprint density at radius 3 is 2.89 bits per heavy atom. The molecule has 0 saturated heterocycles. The maximum Gasteiger partial charge on any atom is 0.358 e. The molecule has 0 aliphatic heterocycles. The Labute approximate surface area is 110 Å². The van der Waals surface area contributed by atoms with Gasteiger partial charge in [-0.2, -0.15) is 0 Å². The van der Waals surface area contributed by atoms with Crippen LogP contribution in [-0.4, -0.2) is 26.1 Å². The van der Waals surface area contributed by atoms with Crippen LogP contribution in [0.25, 0.3) is 11.3 Å². The Kier molecular flexibility index (Phi) is 3.42. The molecule has 0 spiro atoms. The highest BCUT2D eigenvalue weighted by Gasteiger charge is 2.22. The molecule has 0 amide bonds. The van der Waals surface area contributed by atoms with Gasteiger partial charge >= 0.3 is 5.97 Å². The Morgan fingerprint density at radius 2 is 2.28 bits per heavy atom. The lowest BCUT2D eigenvalue weighted by Gasteiger charge is -2.06. The summed E-state index contributed by atoms with van der Waals surface area (Å²) in [5.41, 5.74) is 0.0753. The van der Waals surface area contributed by atoms with Crippen LogP contribution >= 0.6 is 15.9 Å². The first-order valence-corrected chi connectivity index (χ1v) is 5.96. The van der Waals surface area contributed by atoms with Crippen LogP contribution in [0.3, 0.4) is 0 Å². The molecule has 5 nitrogen and oxygen atoms in total. The predicted octanol–water partition coefficient (Wildman–Crippen LogP) is 2.56. The van der Waals surface area contributed by atoms with Gasteiger partial charge in [0.1, 0.15) is 11.5 Å². The van der Waals surface area contributed by atoms with Gasteiger partial charge in [-0.15, -0.1) is 5.10 Å². The number of aromatic nitrogens is 3. The molecule has 1 heterocycles. The number of hydrogen-bond donors (Lipinski definition) is 1. The molecule has 0 aliphatic rings. The van der Waals surface area contributed by atoms with Crippen molar-refractivity contribution < 1.29 is 14.3 Å². The second-order valence-corrected chi connectivity index (χ2v) is 4.45. The van der Waals surface area contributed by atoms with Gasteiger partial charge in [-0.3, -0.25) is 0 Å². The summed E-state index contributed by atoms with van der Waals surface area (Å²) < 4.78 is 15.8. The second kappa shape index (κ2) is 4.85. The van der Waals surface area contributed by atoms with Gasteiger partial charge in [-0.1, -0.05) is 21.1 Å². The van der Waals surface area contributed by atoms with Crippen LogP contribution in [0.15, 0.2) is 22.7 Å². The molecular formula is C11H9BrFN3O2. The molecule has 0 aliphatic carbocycles. The molecule has 0 unspecified atom stereocenters. The highest BCUT2D eigenvalue weighted by Crippen LogP contribution is 2.28. The summed E-state index contributed by atoms with van der Waals surface area (Å²) in [7, 11) is 0. The van der Waals surface area contributed by atoms with Crippen molar-refractivity contribution in [2.45, 2.75) is 13.5 Å². The summed E-state index contributed by atoms with van der Waals surface area (Å²) in [6.45, 7) is 2.18. The Balaban J connectivity index is 2.72. The average Bonchev–Trinajstić information content (AvgIpc) is 2.75. The van der Waals surface area contributed by atoms with E-state index in [-0.39, 0.29) is 17.0 Å². The monoisotopic (exact) mass is 313 g/mol. The minimum absolute atomic E-state index is 0.161. The Bertz CT molecular complexity index is 612. The van der Waals surface area contributed by atoms with Crippen molar-refractivity contribution in [1.29, 1.82) is 0 Å². The second-order valence-electron chi connectivity index (χ2n) is 3.53. The zero-order valence-electron chi connectivity index (χ0n) is 9.39. The molecule has 7 heteroatoms. The standard InChI is InChI=1S/C11H9BrFN3O2/c1-2-16-10(9(11(17)18)14-15-16)7-5-6(12)3-4-8(7)13/h3-5H,2H2,1H3,(H,17,18). The highest BCUT2D eigenvalue weighted by atomic mass is 79.9. The number of nitrogens with zero attached hydrogens (tertiary/aromatic N) is 3. The molecule has 2 aromatic rings. The predicted molar refractivity (Wildman–Crippen MR) is 65.7 cm³/mol. The van der Waals surface area contributed by atoms with Crippen molar-refractivity contribution in [2.24, 2.45) is 0 Å². The van der Waals surface area contributed by atoms with Crippen molar-refractivity contribution >= 4 is 21.9 Å².